The Morgan fingerprint density at radius 1 is 1.75 bits per heavy atom. The van der Waals surface area contributed by atoms with Gasteiger partial charge in [0.1, 0.15) is 6.67 Å². The first-order valence-electron chi connectivity index (χ1n) is 4.38. The van der Waals surface area contributed by atoms with Crippen LogP contribution in [0.25, 0.3) is 0 Å². The lowest BCUT2D eigenvalue weighted by Gasteiger charge is -2.24. The minimum atomic E-state index is -0.849. The molecular formula is C8H17FN2O. The van der Waals surface area contributed by atoms with E-state index in [9.17, 15) is 4.39 Å². The van der Waals surface area contributed by atoms with Crippen molar-refractivity contribution >= 4 is 0 Å². The molecule has 3 atom stereocenters. The smallest absolute Gasteiger partial charge is 0.117 e. The van der Waals surface area contributed by atoms with E-state index in [1.807, 2.05) is 11.8 Å². The normalized spacial score (nSPS) is 34.0. The van der Waals surface area contributed by atoms with Crippen LogP contribution in [-0.2, 0) is 0 Å². The molecule has 3 N–H and O–H groups in total. The van der Waals surface area contributed by atoms with Crippen LogP contribution in [0.5, 0.6) is 0 Å². The van der Waals surface area contributed by atoms with Gasteiger partial charge in [-0.2, -0.15) is 0 Å². The molecule has 1 aliphatic rings. The van der Waals surface area contributed by atoms with Gasteiger partial charge in [0.05, 0.1) is 6.10 Å². The van der Waals surface area contributed by atoms with Crippen LogP contribution in [0, 0.1) is 0 Å². The fourth-order valence-corrected chi connectivity index (χ4v) is 1.61. The van der Waals surface area contributed by atoms with Gasteiger partial charge in [0.25, 0.3) is 0 Å². The van der Waals surface area contributed by atoms with Crippen molar-refractivity contribution in [3.63, 3.8) is 0 Å². The second kappa shape index (κ2) is 4.16. The maximum absolute atomic E-state index is 12.0. The highest BCUT2D eigenvalue weighted by Gasteiger charge is 2.28. The molecule has 0 aromatic carbocycles. The van der Waals surface area contributed by atoms with Crippen molar-refractivity contribution < 1.29 is 9.50 Å². The third-order valence-electron chi connectivity index (χ3n) is 2.57. The standard InChI is InChI=1S/C8H17FN2O/c1-6-8(10)2-3-11(6)5-7(12)4-9/h6-8,12H,2-5,10H2,1H3. The van der Waals surface area contributed by atoms with E-state index in [-0.39, 0.29) is 12.1 Å². The predicted octanol–water partition coefficient (Wildman–Crippen LogP) is -0.262. The number of hydrogen-bond donors (Lipinski definition) is 2. The minimum Gasteiger partial charge on any atom is -0.389 e. The Hall–Kier alpha value is -0.190. The molecule has 0 bridgehead atoms. The second-order valence-electron chi connectivity index (χ2n) is 3.50. The minimum absolute atomic E-state index is 0.178. The Labute approximate surface area is 72.3 Å². The molecule has 0 radical (unpaired) electrons. The van der Waals surface area contributed by atoms with E-state index in [4.69, 9.17) is 10.8 Å². The summed E-state index contributed by atoms with van der Waals surface area (Å²) in [5.74, 6) is 0. The van der Waals surface area contributed by atoms with E-state index >= 15 is 0 Å². The van der Waals surface area contributed by atoms with E-state index in [1.165, 1.54) is 0 Å². The maximum Gasteiger partial charge on any atom is 0.117 e. The summed E-state index contributed by atoms with van der Waals surface area (Å²) in [6, 6.07) is 0.447. The van der Waals surface area contributed by atoms with Crippen molar-refractivity contribution in [3.05, 3.63) is 0 Å². The first-order chi connectivity index (χ1) is 5.65. The molecule has 1 saturated heterocycles. The zero-order valence-electron chi connectivity index (χ0n) is 7.41. The number of halogens is 1. The monoisotopic (exact) mass is 176 g/mol. The number of β-amino-alcohol motifs (C(OH)–C–C–N with tert-alkyl or cyclic N) is 1. The van der Waals surface area contributed by atoms with Gasteiger partial charge in [0, 0.05) is 25.2 Å². The number of hydrogen-bond acceptors (Lipinski definition) is 3. The molecule has 72 valence electrons. The molecule has 12 heavy (non-hydrogen) atoms. The Kier molecular flexibility index (Phi) is 3.43. The summed E-state index contributed by atoms with van der Waals surface area (Å²) in [6.45, 7) is 2.63. The van der Waals surface area contributed by atoms with Gasteiger partial charge in [-0.3, -0.25) is 4.90 Å². The highest BCUT2D eigenvalue weighted by Crippen LogP contribution is 2.15. The Morgan fingerprint density at radius 2 is 2.42 bits per heavy atom. The number of aliphatic hydroxyl groups excluding tert-OH is 1. The van der Waals surface area contributed by atoms with Crippen LogP contribution in [0.2, 0.25) is 0 Å². The van der Waals surface area contributed by atoms with Crippen molar-refractivity contribution in [1.82, 2.24) is 4.90 Å². The Balaban J connectivity index is 2.33. The van der Waals surface area contributed by atoms with Crippen molar-refractivity contribution in [2.24, 2.45) is 5.73 Å². The van der Waals surface area contributed by atoms with Crippen molar-refractivity contribution in [2.45, 2.75) is 31.5 Å². The molecule has 1 aliphatic heterocycles. The zero-order valence-corrected chi connectivity index (χ0v) is 7.41. The SMILES string of the molecule is CC1C(N)CCN1CC(O)CF. The average Bonchev–Trinajstić information content (AvgIpc) is 2.36. The summed E-state index contributed by atoms with van der Waals surface area (Å²) in [5, 5.41) is 9.06. The fraction of sp³-hybridized carbons (Fsp3) is 1.00. The largest absolute Gasteiger partial charge is 0.389 e. The summed E-state index contributed by atoms with van der Waals surface area (Å²) in [7, 11) is 0. The van der Waals surface area contributed by atoms with E-state index in [2.05, 4.69) is 0 Å². The van der Waals surface area contributed by atoms with Crippen molar-refractivity contribution in [1.29, 1.82) is 0 Å². The van der Waals surface area contributed by atoms with Crippen LogP contribution in [0.15, 0.2) is 0 Å². The third kappa shape index (κ3) is 2.15. The summed E-state index contributed by atoms with van der Waals surface area (Å²) in [4.78, 5) is 2.04. The molecule has 0 aliphatic carbocycles. The van der Waals surface area contributed by atoms with Crippen LogP contribution in [0.3, 0.4) is 0 Å². The van der Waals surface area contributed by atoms with Gasteiger partial charge in [-0.15, -0.1) is 0 Å². The van der Waals surface area contributed by atoms with Crippen molar-refractivity contribution in [2.75, 3.05) is 19.8 Å². The lowest BCUT2D eigenvalue weighted by molar-refractivity contribution is 0.0859. The molecule has 1 rings (SSSR count). The van der Waals surface area contributed by atoms with Crippen LogP contribution in [-0.4, -0.2) is 48.0 Å². The lowest BCUT2D eigenvalue weighted by Crippen LogP contribution is -2.41. The molecule has 0 aromatic heterocycles. The van der Waals surface area contributed by atoms with Crippen molar-refractivity contribution in [3.8, 4) is 0 Å². The Bertz CT molecular complexity index is 145. The van der Waals surface area contributed by atoms with Crippen LogP contribution in [0.1, 0.15) is 13.3 Å². The van der Waals surface area contributed by atoms with Gasteiger partial charge in [-0.05, 0) is 13.3 Å². The first-order valence-corrected chi connectivity index (χ1v) is 4.38. The molecule has 0 amide bonds. The van der Waals surface area contributed by atoms with Gasteiger partial charge in [-0.25, -0.2) is 4.39 Å². The number of likely N-dealkylation sites (tertiary alicyclic amines) is 1. The van der Waals surface area contributed by atoms with Crippen LogP contribution in [0.4, 0.5) is 4.39 Å². The lowest BCUT2D eigenvalue weighted by atomic mass is 10.2. The summed E-state index contributed by atoms with van der Waals surface area (Å²) >= 11 is 0. The molecule has 4 heteroatoms. The maximum atomic E-state index is 12.0. The molecule has 0 spiro atoms. The van der Waals surface area contributed by atoms with Crippen LogP contribution >= 0.6 is 0 Å². The average molecular weight is 176 g/mol. The van der Waals surface area contributed by atoms with Gasteiger partial charge in [-0.1, -0.05) is 0 Å². The Morgan fingerprint density at radius 3 is 2.83 bits per heavy atom. The number of rotatable bonds is 3. The molecule has 3 unspecified atom stereocenters. The van der Waals surface area contributed by atoms with Gasteiger partial charge in [0.15, 0.2) is 0 Å². The molecular weight excluding hydrogens is 159 g/mol. The quantitative estimate of drug-likeness (QED) is 0.623. The van der Waals surface area contributed by atoms with Crippen LogP contribution < -0.4 is 5.73 Å². The summed E-state index contributed by atoms with van der Waals surface area (Å²) in [6.07, 6.45) is 0.0953. The second-order valence-corrected chi connectivity index (χ2v) is 3.50. The number of aliphatic hydroxyl groups is 1. The van der Waals surface area contributed by atoms with Gasteiger partial charge in [0.2, 0.25) is 0 Å². The fourth-order valence-electron chi connectivity index (χ4n) is 1.61. The van der Waals surface area contributed by atoms with Gasteiger partial charge >= 0.3 is 0 Å². The summed E-state index contributed by atoms with van der Waals surface area (Å²) in [5.41, 5.74) is 5.77. The highest BCUT2D eigenvalue weighted by atomic mass is 19.1. The van der Waals surface area contributed by atoms with Gasteiger partial charge < -0.3 is 10.8 Å². The molecule has 0 aromatic rings. The van der Waals surface area contributed by atoms with E-state index in [1.54, 1.807) is 0 Å². The van der Waals surface area contributed by atoms with E-state index < -0.39 is 12.8 Å². The van der Waals surface area contributed by atoms with E-state index in [0.717, 1.165) is 13.0 Å². The molecule has 1 heterocycles. The number of nitrogens with zero attached hydrogens (tertiary/aromatic N) is 1. The number of nitrogens with two attached hydrogens (primary N) is 1. The molecule has 0 saturated carbocycles. The molecule has 3 nitrogen and oxygen atoms in total. The topological polar surface area (TPSA) is 49.5 Å². The van der Waals surface area contributed by atoms with E-state index in [0.29, 0.717) is 6.54 Å². The highest BCUT2D eigenvalue weighted by molar-refractivity contribution is 4.87. The predicted molar refractivity (Wildman–Crippen MR) is 45.6 cm³/mol. The number of alkyl halides is 1. The first kappa shape index (κ1) is 9.89. The third-order valence-corrected chi connectivity index (χ3v) is 2.57. The zero-order chi connectivity index (χ0) is 9.14. The summed E-state index contributed by atoms with van der Waals surface area (Å²) < 4.78 is 12.0. The molecule has 1 fully saturated rings.